The van der Waals surface area contributed by atoms with Gasteiger partial charge in [0.2, 0.25) is 0 Å². The van der Waals surface area contributed by atoms with E-state index in [1.807, 2.05) is 11.0 Å². The summed E-state index contributed by atoms with van der Waals surface area (Å²) in [5.41, 5.74) is 1.19. The fraction of sp³-hybridized carbons (Fsp3) is 0.500. The Morgan fingerprint density at radius 2 is 2.27 bits per heavy atom. The Balaban J connectivity index is 1.67. The van der Waals surface area contributed by atoms with Gasteiger partial charge in [-0.15, -0.1) is 0 Å². The lowest BCUT2D eigenvalue weighted by atomic mass is 10.2. The maximum atomic E-state index is 11.5. The standard InChI is InChI=1S/C14H15ClN4O3/c15-11-3-1-9(7-16-11)8-17-5-6-18-12-4-2-10(22-12)13(14(17)18)19(20)21/h1,3,7,10,12H,2,4-6,8H2/t10-,12+/m1/s1. The van der Waals surface area contributed by atoms with Gasteiger partial charge in [-0.25, -0.2) is 4.98 Å². The van der Waals surface area contributed by atoms with Crippen molar-refractivity contribution in [2.45, 2.75) is 31.7 Å². The van der Waals surface area contributed by atoms with Gasteiger partial charge >= 0.3 is 5.70 Å². The highest BCUT2D eigenvalue weighted by molar-refractivity contribution is 6.29. The average molecular weight is 323 g/mol. The summed E-state index contributed by atoms with van der Waals surface area (Å²) in [5, 5.41) is 12.0. The van der Waals surface area contributed by atoms with Gasteiger partial charge in [-0.2, -0.15) is 0 Å². The summed E-state index contributed by atoms with van der Waals surface area (Å²) < 4.78 is 5.77. The molecule has 1 aromatic heterocycles. The molecule has 4 heterocycles. The third-order valence-electron chi connectivity index (χ3n) is 4.42. The molecular weight excluding hydrogens is 308 g/mol. The Morgan fingerprint density at radius 3 is 3.00 bits per heavy atom. The molecule has 0 radical (unpaired) electrons. The van der Waals surface area contributed by atoms with Crippen molar-refractivity contribution in [3.63, 3.8) is 0 Å². The Kier molecular flexibility index (Phi) is 3.19. The molecule has 2 fully saturated rings. The van der Waals surface area contributed by atoms with Gasteiger partial charge < -0.3 is 14.5 Å². The van der Waals surface area contributed by atoms with E-state index in [4.69, 9.17) is 16.3 Å². The number of ether oxygens (including phenoxy) is 1. The van der Waals surface area contributed by atoms with Gasteiger partial charge in [0.25, 0.3) is 0 Å². The van der Waals surface area contributed by atoms with Crippen LogP contribution in [0.25, 0.3) is 0 Å². The predicted octanol–water partition coefficient (Wildman–Crippen LogP) is 1.82. The third-order valence-corrected chi connectivity index (χ3v) is 4.64. The Morgan fingerprint density at radius 1 is 1.41 bits per heavy atom. The molecule has 2 saturated heterocycles. The van der Waals surface area contributed by atoms with Crippen LogP contribution in [0.5, 0.6) is 0 Å². The number of fused-ring (bicyclic) bond motifs is 4. The molecule has 7 nitrogen and oxygen atoms in total. The minimum atomic E-state index is -0.379. The fourth-order valence-corrected chi connectivity index (χ4v) is 3.59. The summed E-state index contributed by atoms with van der Waals surface area (Å²) in [6.07, 6.45) is 2.89. The number of nitro groups is 1. The highest BCUT2D eigenvalue weighted by Crippen LogP contribution is 2.41. The monoisotopic (exact) mass is 322 g/mol. The largest absolute Gasteiger partial charge is 0.347 e. The number of hydrogen-bond acceptors (Lipinski definition) is 6. The topological polar surface area (TPSA) is 71.7 Å². The molecule has 0 amide bonds. The van der Waals surface area contributed by atoms with Crippen molar-refractivity contribution in [3.8, 4) is 0 Å². The van der Waals surface area contributed by atoms with E-state index in [0.29, 0.717) is 11.7 Å². The molecule has 0 spiro atoms. The summed E-state index contributed by atoms with van der Waals surface area (Å²) in [6.45, 7) is 2.10. The van der Waals surface area contributed by atoms with E-state index in [1.54, 1.807) is 12.3 Å². The van der Waals surface area contributed by atoms with Gasteiger partial charge in [0.15, 0.2) is 11.9 Å². The zero-order valence-electron chi connectivity index (χ0n) is 11.8. The van der Waals surface area contributed by atoms with Crippen LogP contribution >= 0.6 is 11.6 Å². The minimum absolute atomic E-state index is 0.0166. The molecule has 22 heavy (non-hydrogen) atoms. The minimum Gasteiger partial charge on any atom is -0.347 e. The van der Waals surface area contributed by atoms with Gasteiger partial charge in [0.1, 0.15) is 11.4 Å². The molecule has 2 atom stereocenters. The quantitative estimate of drug-likeness (QED) is 0.480. The molecule has 1 aromatic rings. The Hall–Kier alpha value is -1.86. The van der Waals surface area contributed by atoms with E-state index < -0.39 is 0 Å². The highest BCUT2D eigenvalue weighted by Gasteiger charge is 2.50. The van der Waals surface area contributed by atoms with E-state index >= 15 is 0 Å². The van der Waals surface area contributed by atoms with E-state index in [-0.39, 0.29) is 23.0 Å². The van der Waals surface area contributed by atoms with Gasteiger partial charge in [-0.1, -0.05) is 17.7 Å². The van der Waals surface area contributed by atoms with Crippen LogP contribution < -0.4 is 0 Å². The Bertz CT molecular complexity index is 648. The van der Waals surface area contributed by atoms with Crippen LogP contribution in [0.2, 0.25) is 5.15 Å². The lowest BCUT2D eigenvalue weighted by molar-refractivity contribution is -0.443. The van der Waals surface area contributed by atoms with Gasteiger partial charge in [0, 0.05) is 25.8 Å². The lowest BCUT2D eigenvalue weighted by Crippen LogP contribution is -2.41. The number of hydrogen-bond donors (Lipinski definition) is 0. The second-order valence-electron chi connectivity index (χ2n) is 5.73. The maximum absolute atomic E-state index is 11.5. The number of halogens is 1. The summed E-state index contributed by atoms with van der Waals surface area (Å²) >= 11 is 5.80. The van der Waals surface area contributed by atoms with Crippen molar-refractivity contribution in [1.82, 2.24) is 14.8 Å². The average Bonchev–Trinajstić information content (AvgIpc) is 3.08. The number of aromatic nitrogens is 1. The maximum Gasteiger partial charge on any atom is 0.314 e. The number of nitrogens with zero attached hydrogens (tertiary/aromatic N) is 4. The van der Waals surface area contributed by atoms with Gasteiger partial charge in [-0.05, 0) is 24.5 Å². The van der Waals surface area contributed by atoms with Crippen molar-refractivity contribution in [2.75, 3.05) is 13.1 Å². The van der Waals surface area contributed by atoms with Crippen molar-refractivity contribution in [1.29, 1.82) is 0 Å². The summed E-state index contributed by atoms with van der Waals surface area (Å²) in [5.74, 6) is 0.721. The molecular formula is C14H15ClN4O3. The summed E-state index contributed by atoms with van der Waals surface area (Å²) in [4.78, 5) is 19.4. The number of pyridine rings is 1. The molecule has 0 unspecified atom stereocenters. The SMILES string of the molecule is O=[N+]([O-])C1=C2N(Cc3ccc(Cl)nc3)CCN2[C@@H]2CC[C@H]1O2. The molecule has 2 bridgehead atoms. The molecule has 116 valence electrons. The van der Waals surface area contributed by atoms with Crippen LogP contribution in [-0.2, 0) is 11.3 Å². The van der Waals surface area contributed by atoms with E-state index in [0.717, 1.165) is 37.3 Å². The first-order chi connectivity index (χ1) is 10.6. The van der Waals surface area contributed by atoms with Crippen molar-refractivity contribution in [3.05, 3.63) is 50.7 Å². The van der Waals surface area contributed by atoms with Crippen molar-refractivity contribution in [2.24, 2.45) is 0 Å². The van der Waals surface area contributed by atoms with Crippen LogP contribution in [0.3, 0.4) is 0 Å². The van der Waals surface area contributed by atoms with Gasteiger partial charge in [-0.3, -0.25) is 10.1 Å². The third kappa shape index (κ3) is 2.12. The Labute approximate surface area is 132 Å². The molecule has 0 aromatic carbocycles. The molecule has 0 N–H and O–H groups in total. The summed E-state index contributed by atoms with van der Waals surface area (Å²) in [6, 6.07) is 3.64. The van der Waals surface area contributed by atoms with E-state index in [9.17, 15) is 10.1 Å². The van der Waals surface area contributed by atoms with E-state index in [1.165, 1.54) is 0 Å². The number of rotatable bonds is 3. The highest BCUT2D eigenvalue weighted by atomic mass is 35.5. The first-order valence-corrected chi connectivity index (χ1v) is 7.67. The molecule has 3 aliphatic rings. The second-order valence-corrected chi connectivity index (χ2v) is 6.11. The molecule has 0 aliphatic carbocycles. The second kappa shape index (κ2) is 5.10. The van der Waals surface area contributed by atoms with Crippen LogP contribution in [0, 0.1) is 10.1 Å². The van der Waals surface area contributed by atoms with Crippen molar-refractivity contribution >= 4 is 11.6 Å². The van der Waals surface area contributed by atoms with Crippen LogP contribution in [0.4, 0.5) is 0 Å². The van der Waals surface area contributed by atoms with Crippen molar-refractivity contribution < 1.29 is 9.66 Å². The van der Waals surface area contributed by atoms with Crippen LogP contribution in [-0.4, -0.2) is 45.1 Å². The summed E-state index contributed by atoms with van der Waals surface area (Å²) in [7, 11) is 0. The lowest BCUT2D eigenvalue weighted by Gasteiger charge is -2.32. The molecule has 8 heteroatoms. The fourth-order valence-electron chi connectivity index (χ4n) is 3.48. The zero-order valence-corrected chi connectivity index (χ0v) is 12.6. The first-order valence-electron chi connectivity index (χ1n) is 7.29. The van der Waals surface area contributed by atoms with E-state index in [2.05, 4.69) is 9.88 Å². The molecule has 3 aliphatic heterocycles. The molecule has 4 rings (SSSR count). The first kappa shape index (κ1) is 13.8. The zero-order chi connectivity index (χ0) is 15.3. The van der Waals surface area contributed by atoms with Gasteiger partial charge in [0.05, 0.1) is 4.92 Å². The smallest absolute Gasteiger partial charge is 0.314 e. The van der Waals surface area contributed by atoms with Crippen LogP contribution in [0.1, 0.15) is 18.4 Å². The normalized spacial score (nSPS) is 26.6. The predicted molar refractivity (Wildman–Crippen MR) is 78.3 cm³/mol. The van der Waals surface area contributed by atoms with Crippen LogP contribution in [0.15, 0.2) is 29.8 Å². The molecule has 0 saturated carbocycles.